The second-order valence-electron chi connectivity index (χ2n) is 9.71. The zero-order valence-electron chi connectivity index (χ0n) is 20.7. The van der Waals surface area contributed by atoms with Gasteiger partial charge in [0.2, 0.25) is 5.91 Å². The first-order valence-electron chi connectivity index (χ1n) is 12.0. The highest BCUT2D eigenvalue weighted by molar-refractivity contribution is 5.99. The van der Waals surface area contributed by atoms with Gasteiger partial charge in [0.1, 0.15) is 17.5 Å². The topological polar surface area (TPSA) is 79.0 Å². The van der Waals surface area contributed by atoms with Gasteiger partial charge in [-0.3, -0.25) is 9.59 Å². The van der Waals surface area contributed by atoms with Crippen LogP contribution in [0.2, 0.25) is 0 Å². The van der Waals surface area contributed by atoms with Crippen molar-refractivity contribution in [2.24, 2.45) is 13.0 Å². The minimum absolute atomic E-state index is 0.0233. The number of amides is 1. The Hall–Kier alpha value is -3.74. The van der Waals surface area contributed by atoms with Crippen LogP contribution in [0.5, 0.6) is 0 Å². The SMILES string of the molecule is CC(C)C(=O)N1CCC(c2cn(C)c3ncc(CC(=O)c4ccc(F)c(C#N)c4)c(C(F)(F)F)c23)CC1. The molecular weight excluding hydrogens is 488 g/mol. The largest absolute Gasteiger partial charge is 0.417 e. The third-order valence-corrected chi connectivity index (χ3v) is 6.88. The number of rotatable bonds is 5. The number of fused-ring (bicyclic) bond motifs is 1. The van der Waals surface area contributed by atoms with Crippen molar-refractivity contribution in [2.45, 2.75) is 45.2 Å². The molecule has 1 saturated heterocycles. The van der Waals surface area contributed by atoms with E-state index in [0.717, 1.165) is 24.4 Å². The average molecular weight is 515 g/mol. The Morgan fingerprint density at radius 1 is 1.22 bits per heavy atom. The van der Waals surface area contributed by atoms with Gasteiger partial charge in [0.05, 0.1) is 11.1 Å². The number of carbonyl (C=O) groups is 2. The Balaban J connectivity index is 1.74. The normalized spacial score (nSPS) is 14.8. The molecule has 0 radical (unpaired) electrons. The Labute approximate surface area is 211 Å². The molecule has 1 amide bonds. The number of pyridine rings is 1. The lowest BCUT2D eigenvalue weighted by Gasteiger charge is -2.33. The van der Waals surface area contributed by atoms with Crippen LogP contribution in [0.1, 0.15) is 65.2 Å². The molecule has 1 aliphatic rings. The van der Waals surface area contributed by atoms with E-state index in [0.29, 0.717) is 31.5 Å². The van der Waals surface area contributed by atoms with Crippen molar-refractivity contribution in [1.82, 2.24) is 14.5 Å². The summed E-state index contributed by atoms with van der Waals surface area (Å²) >= 11 is 0. The van der Waals surface area contributed by atoms with Gasteiger partial charge in [-0.2, -0.15) is 18.4 Å². The molecule has 0 saturated carbocycles. The third-order valence-electron chi connectivity index (χ3n) is 6.88. The minimum atomic E-state index is -4.76. The number of alkyl halides is 3. The van der Waals surface area contributed by atoms with Crippen molar-refractivity contribution in [2.75, 3.05) is 13.1 Å². The van der Waals surface area contributed by atoms with Gasteiger partial charge < -0.3 is 9.47 Å². The van der Waals surface area contributed by atoms with Crippen LogP contribution in [0, 0.1) is 23.1 Å². The second kappa shape index (κ2) is 9.96. The first kappa shape index (κ1) is 26.3. The van der Waals surface area contributed by atoms with Crippen LogP contribution in [0.15, 0.2) is 30.6 Å². The van der Waals surface area contributed by atoms with Gasteiger partial charge in [-0.1, -0.05) is 13.8 Å². The second-order valence-corrected chi connectivity index (χ2v) is 9.71. The number of halogens is 4. The van der Waals surface area contributed by atoms with Crippen LogP contribution >= 0.6 is 0 Å². The number of aromatic nitrogens is 2. The van der Waals surface area contributed by atoms with E-state index in [4.69, 9.17) is 5.26 Å². The fraction of sp³-hybridized carbons (Fsp3) is 0.407. The predicted octanol–water partition coefficient (Wildman–Crippen LogP) is 5.39. The Kier molecular flexibility index (Phi) is 7.09. The van der Waals surface area contributed by atoms with Crippen molar-refractivity contribution in [1.29, 1.82) is 5.26 Å². The molecule has 3 heterocycles. The Morgan fingerprint density at radius 3 is 2.49 bits per heavy atom. The van der Waals surface area contributed by atoms with Crippen molar-refractivity contribution < 1.29 is 27.2 Å². The number of nitriles is 1. The summed E-state index contributed by atoms with van der Waals surface area (Å²) in [5.74, 6) is -1.82. The summed E-state index contributed by atoms with van der Waals surface area (Å²) in [5, 5.41) is 8.99. The summed E-state index contributed by atoms with van der Waals surface area (Å²) in [6.07, 6.45) is -1.62. The van der Waals surface area contributed by atoms with Crippen molar-refractivity contribution in [3.05, 3.63) is 64.2 Å². The number of likely N-dealkylation sites (tertiary alicyclic amines) is 1. The molecule has 0 N–H and O–H groups in total. The number of ketones is 1. The van der Waals surface area contributed by atoms with Crippen LogP contribution in [-0.4, -0.2) is 39.2 Å². The summed E-state index contributed by atoms with van der Waals surface area (Å²) in [5.41, 5.74) is -0.952. The van der Waals surface area contributed by atoms with E-state index in [9.17, 15) is 27.2 Å². The quantitative estimate of drug-likeness (QED) is 0.338. The molecule has 0 aliphatic carbocycles. The zero-order chi connectivity index (χ0) is 27.1. The van der Waals surface area contributed by atoms with Gasteiger partial charge >= 0.3 is 6.18 Å². The molecule has 2 aromatic heterocycles. The number of carbonyl (C=O) groups excluding carboxylic acids is 2. The fourth-order valence-electron chi connectivity index (χ4n) is 5.02. The lowest BCUT2D eigenvalue weighted by atomic mass is 9.87. The van der Waals surface area contributed by atoms with Crippen molar-refractivity contribution in [3.8, 4) is 6.07 Å². The standard InChI is InChI=1S/C27H26F4N4O2/c1-15(2)26(37)35-8-6-16(7-9-35)20-14-34(3)25-23(20)24(27(29,30)31)19(13-33-25)11-22(36)17-4-5-21(28)18(10-17)12-32/h4-5,10,13-16H,6-9,11H2,1-3H3. The first-order valence-corrected chi connectivity index (χ1v) is 12.0. The molecule has 0 spiro atoms. The first-order chi connectivity index (χ1) is 17.4. The summed E-state index contributed by atoms with van der Waals surface area (Å²) in [4.78, 5) is 31.3. The summed E-state index contributed by atoms with van der Waals surface area (Å²) in [7, 11) is 1.63. The fourth-order valence-corrected chi connectivity index (χ4v) is 5.02. The van der Waals surface area contributed by atoms with E-state index >= 15 is 0 Å². The molecule has 194 valence electrons. The Bertz CT molecular complexity index is 1410. The number of hydrogen-bond donors (Lipinski definition) is 0. The van der Waals surface area contributed by atoms with E-state index in [-0.39, 0.29) is 45.5 Å². The third kappa shape index (κ3) is 5.08. The summed E-state index contributed by atoms with van der Waals surface area (Å²) < 4.78 is 58.8. The molecule has 4 rings (SSSR count). The number of aryl methyl sites for hydroxylation is 1. The van der Waals surface area contributed by atoms with E-state index in [1.165, 1.54) is 0 Å². The smallest absolute Gasteiger partial charge is 0.342 e. The number of piperidine rings is 1. The van der Waals surface area contributed by atoms with E-state index in [1.54, 1.807) is 28.8 Å². The van der Waals surface area contributed by atoms with E-state index < -0.39 is 29.8 Å². The molecule has 1 fully saturated rings. The van der Waals surface area contributed by atoms with Gasteiger partial charge in [-0.25, -0.2) is 9.37 Å². The maximum atomic E-state index is 14.5. The molecular formula is C27H26F4N4O2. The van der Waals surface area contributed by atoms with Gasteiger partial charge in [0.15, 0.2) is 5.78 Å². The van der Waals surface area contributed by atoms with Crippen molar-refractivity contribution in [3.63, 3.8) is 0 Å². The van der Waals surface area contributed by atoms with Gasteiger partial charge in [0.25, 0.3) is 0 Å². The van der Waals surface area contributed by atoms with Crippen LogP contribution in [-0.2, 0) is 24.4 Å². The average Bonchev–Trinajstić information content (AvgIpc) is 3.19. The molecule has 0 bridgehead atoms. The van der Waals surface area contributed by atoms with Gasteiger partial charge in [-0.15, -0.1) is 0 Å². The molecule has 3 aromatic rings. The van der Waals surface area contributed by atoms with Crippen LogP contribution in [0.25, 0.3) is 11.0 Å². The van der Waals surface area contributed by atoms with E-state index in [1.807, 2.05) is 13.8 Å². The highest BCUT2D eigenvalue weighted by Gasteiger charge is 2.39. The number of benzene rings is 1. The number of nitrogens with zero attached hydrogens (tertiary/aromatic N) is 4. The van der Waals surface area contributed by atoms with Crippen molar-refractivity contribution >= 4 is 22.7 Å². The molecule has 1 aliphatic heterocycles. The zero-order valence-corrected chi connectivity index (χ0v) is 20.7. The van der Waals surface area contributed by atoms with Crippen LogP contribution < -0.4 is 0 Å². The monoisotopic (exact) mass is 514 g/mol. The summed E-state index contributed by atoms with van der Waals surface area (Å²) in [6.45, 7) is 4.54. The minimum Gasteiger partial charge on any atom is -0.342 e. The van der Waals surface area contributed by atoms with Gasteiger partial charge in [-0.05, 0) is 48.1 Å². The molecule has 37 heavy (non-hydrogen) atoms. The van der Waals surface area contributed by atoms with Gasteiger partial charge in [0, 0.05) is 55.8 Å². The number of Topliss-reactive ketones (excluding diaryl/α,β-unsaturated/α-hetero) is 1. The Morgan fingerprint density at radius 2 is 1.89 bits per heavy atom. The maximum absolute atomic E-state index is 14.5. The number of hydrogen-bond acceptors (Lipinski definition) is 4. The van der Waals surface area contributed by atoms with Crippen LogP contribution in [0.3, 0.4) is 0 Å². The predicted molar refractivity (Wildman–Crippen MR) is 128 cm³/mol. The molecule has 1 aromatic carbocycles. The highest BCUT2D eigenvalue weighted by atomic mass is 19.4. The molecule has 6 nitrogen and oxygen atoms in total. The molecule has 0 unspecified atom stereocenters. The molecule has 0 atom stereocenters. The maximum Gasteiger partial charge on any atom is 0.417 e. The van der Waals surface area contributed by atoms with E-state index in [2.05, 4.69) is 4.98 Å². The highest BCUT2D eigenvalue weighted by Crippen LogP contribution is 2.43. The lowest BCUT2D eigenvalue weighted by molar-refractivity contribution is -0.137. The molecule has 10 heteroatoms. The lowest BCUT2D eigenvalue weighted by Crippen LogP contribution is -2.40. The summed E-state index contributed by atoms with van der Waals surface area (Å²) in [6, 6.07) is 4.77. The van der Waals surface area contributed by atoms with Crippen LogP contribution in [0.4, 0.5) is 17.6 Å².